The van der Waals surface area contributed by atoms with Gasteiger partial charge in [-0.15, -0.1) is 0 Å². The molecule has 0 saturated heterocycles. The van der Waals surface area contributed by atoms with Gasteiger partial charge in [0.25, 0.3) is 0 Å². The summed E-state index contributed by atoms with van der Waals surface area (Å²) in [4.78, 5) is 12.4. The minimum Gasteiger partial charge on any atom is -0.506 e. The molecule has 1 amide bonds. The third kappa shape index (κ3) is 4.10. The number of benzene rings is 2. The molecule has 0 heterocycles. The number of anilines is 1. The summed E-state index contributed by atoms with van der Waals surface area (Å²) >= 11 is 0. The molecule has 2 atom stereocenters. The second-order valence-electron chi connectivity index (χ2n) is 5.66. The van der Waals surface area contributed by atoms with Gasteiger partial charge in [-0.05, 0) is 36.5 Å². The minimum atomic E-state index is -0.0742. The summed E-state index contributed by atoms with van der Waals surface area (Å²) in [6.07, 6.45) is 1.57. The first-order valence-corrected chi connectivity index (χ1v) is 7.75. The molecule has 3 nitrogen and oxygen atoms in total. The lowest BCUT2D eigenvalue weighted by Gasteiger charge is -2.20. The van der Waals surface area contributed by atoms with E-state index in [0.29, 0.717) is 11.6 Å². The lowest BCUT2D eigenvalue weighted by Crippen LogP contribution is -2.23. The van der Waals surface area contributed by atoms with E-state index in [2.05, 4.69) is 24.4 Å². The molecule has 0 bridgehead atoms. The van der Waals surface area contributed by atoms with Gasteiger partial charge >= 0.3 is 0 Å². The largest absolute Gasteiger partial charge is 0.506 e. The lowest BCUT2D eigenvalue weighted by molar-refractivity contribution is -0.120. The van der Waals surface area contributed by atoms with Crippen LogP contribution < -0.4 is 5.32 Å². The Labute approximate surface area is 132 Å². The van der Waals surface area contributed by atoms with Crippen LogP contribution >= 0.6 is 0 Å². The van der Waals surface area contributed by atoms with Crippen LogP contribution in [-0.2, 0) is 4.79 Å². The predicted octanol–water partition coefficient (Wildman–Crippen LogP) is 4.55. The van der Waals surface area contributed by atoms with Crippen LogP contribution in [-0.4, -0.2) is 11.0 Å². The van der Waals surface area contributed by atoms with E-state index < -0.39 is 0 Å². The maximum atomic E-state index is 12.4. The Balaban J connectivity index is 2.02. The molecule has 2 rings (SSSR count). The average molecular weight is 297 g/mol. The van der Waals surface area contributed by atoms with E-state index in [9.17, 15) is 9.90 Å². The molecule has 0 aromatic heterocycles. The topological polar surface area (TPSA) is 49.3 Å². The van der Waals surface area contributed by atoms with E-state index in [-0.39, 0.29) is 17.6 Å². The number of carbonyl (C=O) groups is 1. The quantitative estimate of drug-likeness (QED) is 0.768. The molecular formula is C19H23NO2. The van der Waals surface area contributed by atoms with Crippen LogP contribution in [0.2, 0.25) is 0 Å². The highest BCUT2D eigenvalue weighted by molar-refractivity contribution is 5.93. The molecule has 3 heteroatoms. The van der Waals surface area contributed by atoms with Crippen LogP contribution in [0.15, 0.2) is 54.6 Å². The van der Waals surface area contributed by atoms with Gasteiger partial charge in [0.05, 0.1) is 5.69 Å². The highest BCUT2D eigenvalue weighted by Crippen LogP contribution is 2.27. The van der Waals surface area contributed by atoms with Crippen molar-refractivity contribution in [2.75, 3.05) is 5.32 Å². The molecule has 0 aliphatic rings. The second-order valence-corrected chi connectivity index (χ2v) is 5.66. The van der Waals surface area contributed by atoms with Crippen molar-refractivity contribution in [2.24, 2.45) is 5.92 Å². The Bertz CT molecular complexity index is 610. The smallest absolute Gasteiger partial charge is 0.227 e. The molecule has 2 aromatic rings. The molecule has 0 fully saturated rings. The molecule has 2 aromatic carbocycles. The van der Waals surface area contributed by atoms with E-state index in [4.69, 9.17) is 0 Å². The Kier molecular flexibility index (Phi) is 5.59. The van der Waals surface area contributed by atoms with Crippen molar-refractivity contribution < 1.29 is 9.90 Å². The standard InChI is InChI=1S/C19H23NO2/c1-3-15(13-14(2)16-9-5-4-6-10-16)19(22)20-17-11-7-8-12-18(17)21/h4-12,14-15,21H,3,13H2,1-2H3,(H,20,22). The molecule has 0 saturated carbocycles. The van der Waals surface area contributed by atoms with Crippen LogP contribution in [0.4, 0.5) is 5.69 Å². The van der Waals surface area contributed by atoms with Gasteiger partial charge in [-0.3, -0.25) is 4.79 Å². The lowest BCUT2D eigenvalue weighted by atomic mass is 9.88. The van der Waals surface area contributed by atoms with Crippen molar-refractivity contribution in [3.63, 3.8) is 0 Å². The van der Waals surface area contributed by atoms with Crippen molar-refractivity contribution >= 4 is 11.6 Å². The number of aromatic hydroxyl groups is 1. The summed E-state index contributed by atoms with van der Waals surface area (Å²) in [6.45, 7) is 4.16. The van der Waals surface area contributed by atoms with Crippen LogP contribution in [0.5, 0.6) is 5.75 Å². The van der Waals surface area contributed by atoms with E-state index in [1.54, 1.807) is 24.3 Å². The first kappa shape index (κ1) is 16.1. The zero-order valence-corrected chi connectivity index (χ0v) is 13.1. The average Bonchev–Trinajstić information content (AvgIpc) is 2.55. The number of carbonyl (C=O) groups excluding carboxylic acids is 1. The number of phenolic OH excluding ortho intramolecular Hbond substituents is 1. The number of phenols is 1. The minimum absolute atomic E-state index is 0.0354. The monoisotopic (exact) mass is 297 g/mol. The fraction of sp³-hybridized carbons (Fsp3) is 0.316. The molecule has 116 valence electrons. The van der Waals surface area contributed by atoms with Crippen molar-refractivity contribution in [3.05, 3.63) is 60.2 Å². The molecule has 2 N–H and O–H groups in total. The van der Waals surface area contributed by atoms with Gasteiger partial charge in [-0.1, -0.05) is 56.3 Å². The zero-order valence-electron chi connectivity index (χ0n) is 13.1. The SMILES string of the molecule is CCC(CC(C)c1ccccc1)C(=O)Nc1ccccc1O. The number of hydrogen-bond donors (Lipinski definition) is 2. The van der Waals surface area contributed by atoms with Gasteiger partial charge in [-0.2, -0.15) is 0 Å². The molecule has 0 aliphatic carbocycles. The Morgan fingerprint density at radius 1 is 1.09 bits per heavy atom. The van der Waals surface area contributed by atoms with Gasteiger partial charge in [0.15, 0.2) is 0 Å². The normalized spacial score (nSPS) is 13.4. The van der Waals surface area contributed by atoms with Gasteiger partial charge in [0.2, 0.25) is 5.91 Å². The third-order valence-electron chi connectivity index (χ3n) is 4.03. The van der Waals surface area contributed by atoms with E-state index in [1.807, 2.05) is 25.1 Å². The number of amides is 1. The number of nitrogens with one attached hydrogen (secondary N) is 1. The van der Waals surface area contributed by atoms with Gasteiger partial charge in [0.1, 0.15) is 5.75 Å². The summed E-state index contributed by atoms with van der Waals surface area (Å²) in [5.41, 5.74) is 1.72. The van der Waals surface area contributed by atoms with E-state index in [1.165, 1.54) is 5.56 Å². The van der Waals surface area contributed by atoms with E-state index >= 15 is 0 Å². The summed E-state index contributed by atoms with van der Waals surface area (Å²) in [5.74, 6) is 0.310. The van der Waals surface area contributed by atoms with Crippen LogP contribution in [0.3, 0.4) is 0 Å². The molecule has 0 aliphatic heterocycles. The highest BCUT2D eigenvalue weighted by Gasteiger charge is 2.21. The van der Waals surface area contributed by atoms with Crippen molar-refractivity contribution in [1.82, 2.24) is 0 Å². The Hall–Kier alpha value is -2.29. The van der Waals surface area contributed by atoms with Crippen molar-refractivity contribution in [3.8, 4) is 5.75 Å². The second kappa shape index (κ2) is 7.64. The van der Waals surface area contributed by atoms with Crippen LogP contribution in [0.25, 0.3) is 0 Å². The summed E-state index contributed by atoms with van der Waals surface area (Å²) in [5, 5.41) is 12.6. The molecule has 22 heavy (non-hydrogen) atoms. The van der Waals surface area contributed by atoms with Gasteiger partial charge in [0, 0.05) is 5.92 Å². The maximum Gasteiger partial charge on any atom is 0.227 e. The molecule has 2 unspecified atom stereocenters. The molecular weight excluding hydrogens is 274 g/mol. The van der Waals surface area contributed by atoms with Crippen molar-refractivity contribution in [2.45, 2.75) is 32.6 Å². The van der Waals surface area contributed by atoms with Crippen molar-refractivity contribution in [1.29, 1.82) is 0 Å². The highest BCUT2D eigenvalue weighted by atomic mass is 16.3. The predicted molar refractivity (Wildman–Crippen MR) is 90.0 cm³/mol. The summed E-state index contributed by atoms with van der Waals surface area (Å²) < 4.78 is 0. The zero-order chi connectivity index (χ0) is 15.9. The van der Waals surface area contributed by atoms with E-state index in [0.717, 1.165) is 12.8 Å². The fourth-order valence-electron chi connectivity index (χ4n) is 2.62. The molecule has 0 radical (unpaired) electrons. The maximum absolute atomic E-state index is 12.4. The third-order valence-corrected chi connectivity index (χ3v) is 4.03. The number of para-hydroxylation sites is 2. The van der Waals surface area contributed by atoms with Crippen LogP contribution in [0, 0.1) is 5.92 Å². The summed E-state index contributed by atoms with van der Waals surface area (Å²) in [7, 11) is 0. The number of hydrogen-bond acceptors (Lipinski definition) is 2. The molecule has 0 spiro atoms. The Morgan fingerprint density at radius 3 is 2.36 bits per heavy atom. The van der Waals surface area contributed by atoms with Gasteiger partial charge < -0.3 is 10.4 Å². The Morgan fingerprint density at radius 2 is 1.73 bits per heavy atom. The first-order chi connectivity index (χ1) is 10.6. The number of rotatable bonds is 6. The fourth-order valence-corrected chi connectivity index (χ4v) is 2.62. The van der Waals surface area contributed by atoms with Crippen LogP contribution in [0.1, 0.15) is 38.2 Å². The van der Waals surface area contributed by atoms with Gasteiger partial charge in [-0.25, -0.2) is 0 Å². The summed E-state index contributed by atoms with van der Waals surface area (Å²) in [6, 6.07) is 17.0. The first-order valence-electron chi connectivity index (χ1n) is 7.75.